The summed E-state index contributed by atoms with van der Waals surface area (Å²) in [7, 11) is 0. The van der Waals surface area contributed by atoms with Crippen LogP contribution in [0.25, 0.3) is 0 Å². The highest BCUT2D eigenvalue weighted by atomic mass is 32.2. The van der Waals surface area contributed by atoms with Gasteiger partial charge >= 0.3 is 0 Å². The van der Waals surface area contributed by atoms with Crippen LogP contribution in [0.3, 0.4) is 0 Å². The Morgan fingerprint density at radius 3 is 2.67 bits per heavy atom. The molecular weight excluding hydrogens is 292 g/mol. The highest BCUT2D eigenvalue weighted by molar-refractivity contribution is 7.99. The Morgan fingerprint density at radius 1 is 1.29 bits per heavy atom. The van der Waals surface area contributed by atoms with E-state index >= 15 is 0 Å². The lowest BCUT2D eigenvalue weighted by Gasteiger charge is -2.60. The highest BCUT2D eigenvalue weighted by Crippen LogP contribution is 2.52. The van der Waals surface area contributed by atoms with Crippen LogP contribution < -0.4 is 5.32 Å². The van der Waals surface area contributed by atoms with Gasteiger partial charge in [0.05, 0.1) is 6.10 Å². The fourth-order valence-corrected chi connectivity index (χ4v) is 4.23. The molecule has 1 heterocycles. The van der Waals surface area contributed by atoms with Crippen LogP contribution in [0.1, 0.15) is 26.7 Å². The highest BCUT2D eigenvalue weighted by Gasteiger charge is 2.57. The van der Waals surface area contributed by atoms with Gasteiger partial charge in [-0.2, -0.15) is 8.78 Å². The van der Waals surface area contributed by atoms with Gasteiger partial charge in [0.1, 0.15) is 0 Å². The molecule has 0 spiro atoms. The normalized spacial score (nSPS) is 30.6. The lowest BCUT2D eigenvalue weighted by Crippen LogP contribution is -2.67. The van der Waals surface area contributed by atoms with Crippen LogP contribution in [-0.2, 0) is 4.74 Å². The number of hydrogen-bond acceptors (Lipinski definition) is 3. The third-order valence-corrected chi connectivity index (χ3v) is 5.46. The number of hydrogen-bond donors (Lipinski definition) is 1. The summed E-state index contributed by atoms with van der Waals surface area (Å²) in [5.74, 6) is -1.81. The zero-order valence-corrected chi connectivity index (χ0v) is 13.1. The Kier molecular flexibility index (Phi) is 4.14. The summed E-state index contributed by atoms with van der Waals surface area (Å²) >= 11 is 0.583. The molecule has 1 aliphatic heterocycles. The van der Waals surface area contributed by atoms with Gasteiger partial charge in [-0.1, -0.05) is 25.6 Å². The van der Waals surface area contributed by atoms with E-state index < -0.39 is 5.76 Å². The van der Waals surface area contributed by atoms with Crippen molar-refractivity contribution in [3.8, 4) is 0 Å². The summed E-state index contributed by atoms with van der Waals surface area (Å²) in [5.41, 5.74) is 1.11. The van der Waals surface area contributed by atoms with Crippen molar-refractivity contribution in [3.63, 3.8) is 0 Å². The number of rotatable bonds is 4. The number of ether oxygens (including phenoxy) is 1. The zero-order chi connectivity index (χ0) is 15.0. The first kappa shape index (κ1) is 15.1. The number of alkyl halides is 2. The molecule has 0 aromatic heterocycles. The van der Waals surface area contributed by atoms with Gasteiger partial charge in [-0.15, -0.1) is 0 Å². The summed E-state index contributed by atoms with van der Waals surface area (Å²) in [5, 5.41) is 3.57. The molecule has 0 bridgehead atoms. The number of halogens is 2. The molecule has 3 unspecified atom stereocenters. The fraction of sp³-hybridized carbons (Fsp3) is 0.625. The minimum Gasteiger partial charge on any atom is -0.381 e. The summed E-state index contributed by atoms with van der Waals surface area (Å²) in [4.78, 5) is 0.599. The minimum atomic E-state index is -2.37. The Morgan fingerprint density at radius 2 is 2.00 bits per heavy atom. The number of fused-ring (bicyclic) bond motifs is 1. The number of benzene rings is 1. The third kappa shape index (κ3) is 2.90. The molecule has 1 aliphatic carbocycles. The molecule has 116 valence electrons. The summed E-state index contributed by atoms with van der Waals surface area (Å²) < 4.78 is 30.5. The Labute approximate surface area is 128 Å². The summed E-state index contributed by atoms with van der Waals surface area (Å²) in [6.45, 7) is 5.34. The second kappa shape index (κ2) is 5.76. The molecule has 1 saturated carbocycles. The topological polar surface area (TPSA) is 21.3 Å². The van der Waals surface area contributed by atoms with Gasteiger partial charge in [-0.3, -0.25) is 0 Å². The van der Waals surface area contributed by atoms with Crippen LogP contribution >= 0.6 is 11.8 Å². The molecule has 2 nitrogen and oxygen atoms in total. The van der Waals surface area contributed by atoms with Crippen molar-refractivity contribution in [3.05, 3.63) is 24.3 Å². The first-order valence-corrected chi connectivity index (χ1v) is 8.29. The van der Waals surface area contributed by atoms with Crippen LogP contribution in [-0.4, -0.2) is 24.5 Å². The van der Waals surface area contributed by atoms with Crippen molar-refractivity contribution >= 4 is 17.4 Å². The molecule has 21 heavy (non-hydrogen) atoms. The smallest absolute Gasteiger partial charge is 0.288 e. The molecule has 0 radical (unpaired) electrons. The standard InChI is InChI=1S/C16H21F2NOS/c1-16(2)13(12-4-3-9-20-14(12)16)19-10-5-7-11(8-6-10)21-15(17)18/h5-8,12-15,19H,3-4,9H2,1-2H3. The maximum Gasteiger partial charge on any atom is 0.288 e. The summed E-state index contributed by atoms with van der Waals surface area (Å²) in [6.07, 6.45) is 2.67. The van der Waals surface area contributed by atoms with Gasteiger partial charge in [0.15, 0.2) is 0 Å². The molecule has 1 aromatic carbocycles. The van der Waals surface area contributed by atoms with Crippen LogP contribution in [0, 0.1) is 11.3 Å². The Bertz CT molecular complexity index is 492. The monoisotopic (exact) mass is 313 g/mol. The molecular formula is C16H21F2NOS. The largest absolute Gasteiger partial charge is 0.381 e. The van der Waals surface area contributed by atoms with Gasteiger partial charge in [0.2, 0.25) is 0 Å². The lowest BCUT2D eigenvalue weighted by molar-refractivity contribution is -0.177. The van der Waals surface area contributed by atoms with Crippen molar-refractivity contribution in [2.45, 2.75) is 49.5 Å². The van der Waals surface area contributed by atoms with Crippen molar-refractivity contribution in [2.75, 3.05) is 11.9 Å². The van der Waals surface area contributed by atoms with Crippen LogP contribution in [0.4, 0.5) is 14.5 Å². The quantitative estimate of drug-likeness (QED) is 0.820. The second-order valence-electron chi connectivity index (χ2n) is 6.44. The maximum atomic E-state index is 12.3. The molecule has 1 N–H and O–H groups in total. The van der Waals surface area contributed by atoms with Gasteiger partial charge in [-0.25, -0.2) is 0 Å². The van der Waals surface area contributed by atoms with Crippen molar-refractivity contribution in [1.29, 1.82) is 0 Å². The number of thioether (sulfide) groups is 1. The van der Waals surface area contributed by atoms with Gasteiger partial charge in [0, 0.05) is 34.6 Å². The molecule has 2 fully saturated rings. The molecule has 3 atom stereocenters. The Balaban J connectivity index is 1.66. The van der Waals surface area contributed by atoms with E-state index in [-0.39, 0.29) is 5.41 Å². The molecule has 1 saturated heterocycles. The fourth-order valence-electron chi connectivity index (χ4n) is 3.73. The van der Waals surface area contributed by atoms with E-state index in [1.54, 1.807) is 12.1 Å². The SMILES string of the molecule is CC1(C)C(Nc2ccc(SC(F)F)cc2)C2CCCOC21. The molecule has 1 aromatic rings. The predicted molar refractivity (Wildman–Crippen MR) is 82.0 cm³/mol. The van der Waals surface area contributed by atoms with E-state index in [0.29, 0.717) is 34.7 Å². The zero-order valence-electron chi connectivity index (χ0n) is 12.3. The van der Waals surface area contributed by atoms with Gasteiger partial charge < -0.3 is 10.1 Å². The van der Waals surface area contributed by atoms with E-state index in [1.165, 1.54) is 6.42 Å². The van der Waals surface area contributed by atoms with E-state index in [1.807, 2.05) is 12.1 Å². The third-order valence-electron chi connectivity index (χ3n) is 4.73. The molecule has 3 rings (SSSR count). The average Bonchev–Trinajstić information content (AvgIpc) is 2.46. The van der Waals surface area contributed by atoms with Crippen LogP contribution in [0.2, 0.25) is 0 Å². The first-order chi connectivity index (χ1) is 9.98. The van der Waals surface area contributed by atoms with E-state index in [9.17, 15) is 8.78 Å². The van der Waals surface area contributed by atoms with Crippen LogP contribution in [0.5, 0.6) is 0 Å². The summed E-state index contributed by atoms with van der Waals surface area (Å²) in [6, 6.07) is 7.66. The minimum absolute atomic E-state index is 0.113. The number of anilines is 1. The Hall–Kier alpha value is -0.810. The molecule has 5 heteroatoms. The second-order valence-corrected chi connectivity index (χ2v) is 7.51. The van der Waals surface area contributed by atoms with E-state index in [4.69, 9.17) is 4.74 Å². The van der Waals surface area contributed by atoms with E-state index in [2.05, 4.69) is 19.2 Å². The van der Waals surface area contributed by atoms with Crippen molar-refractivity contribution in [2.24, 2.45) is 11.3 Å². The maximum absolute atomic E-state index is 12.3. The van der Waals surface area contributed by atoms with Crippen molar-refractivity contribution in [1.82, 2.24) is 0 Å². The molecule has 2 aliphatic rings. The first-order valence-electron chi connectivity index (χ1n) is 7.41. The van der Waals surface area contributed by atoms with E-state index in [0.717, 1.165) is 18.7 Å². The average molecular weight is 313 g/mol. The lowest BCUT2D eigenvalue weighted by atomic mass is 9.55. The van der Waals surface area contributed by atoms with Crippen LogP contribution in [0.15, 0.2) is 29.2 Å². The predicted octanol–water partition coefficient (Wildman–Crippen LogP) is 4.62. The van der Waals surface area contributed by atoms with Gasteiger partial charge in [0.25, 0.3) is 5.76 Å². The number of nitrogens with one attached hydrogen (secondary N) is 1. The molecule has 0 amide bonds. The van der Waals surface area contributed by atoms with Gasteiger partial charge in [-0.05, 0) is 37.1 Å². The van der Waals surface area contributed by atoms with Crippen molar-refractivity contribution < 1.29 is 13.5 Å².